The van der Waals surface area contributed by atoms with Gasteiger partial charge in [-0.25, -0.2) is 4.39 Å². The van der Waals surface area contributed by atoms with E-state index >= 15 is 0 Å². The summed E-state index contributed by atoms with van der Waals surface area (Å²) in [6.45, 7) is 0. The lowest BCUT2D eigenvalue weighted by Crippen LogP contribution is -2.28. The maximum Gasteiger partial charge on any atom is 0.230 e. The van der Waals surface area contributed by atoms with E-state index in [-0.39, 0.29) is 41.0 Å². The predicted octanol–water partition coefficient (Wildman–Crippen LogP) is 3.41. The Kier molecular flexibility index (Phi) is 5.30. The van der Waals surface area contributed by atoms with Crippen molar-refractivity contribution in [2.75, 3.05) is 11.5 Å². The molecule has 1 N–H and O–H groups in total. The minimum atomic E-state index is -0.251. The van der Waals surface area contributed by atoms with Crippen LogP contribution in [-0.2, 0) is 4.79 Å². The van der Waals surface area contributed by atoms with Crippen LogP contribution < -0.4 is 5.32 Å². The van der Waals surface area contributed by atoms with Gasteiger partial charge in [0.25, 0.3) is 0 Å². The molecule has 0 heterocycles. The fourth-order valence-electron chi connectivity index (χ4n) is 2.65. The number of hydrogen-bond donors (Lipinski definition) is 1. The highest BCUT2D eigenvalue weighted by atomic mass is 32.2. The summed E-state index contributed by atoms with van der Waals surface area (Å²) in [7, 11) is 0. The Labute approximate surface area is 144 Å². The number of thioether (sulfide) groups is 1. The molecule has 0 unspecified atom stereocenters. The highest BCUT2D eigenvalue weighted by molar-refractivity contribution is 8.00. The van der Waals surface area contributed by atoms with Crippen LogP contribution in [-0.4, -0.2) is 29.2 Å². The van der Waals surface area contributed by atoms with E-state index in [4.69, 9.17) is 0 Å². The van der Waals surface area contributed by atoms with Crippen LogP contribution in [0.5, 0.6) is 0 Å². The van der Waals surface area contributed by atoms with E-state index in [0.717, 1.165) is 12.0 Å². The zero-order valence-corrected chi connectivity index (χ0v) is 13.9. The molecule has 2 aromatic carbocycles. The molecule has 2 aromatic rings. The number of nitrogens with one attached hydrogen (secondary N) is 1. The molecule has 0 aromatic heterocycles. The van der Waals surface area contributed by atoms with Crippen molar-refractivity contribution in [1.82, 2.24) is 5.32 Å². The highest BCUT2D eigenvalue weighted by Gasteiger charge is 2.39. The van der Waals surface area contributed by atoms with E-state index in [1.807, 2.05) is 24.3 Å². The molecule has 0 aliphatic heterocycles. The number of rotatable bonds is 7. The smallest absolute Gasteiger partial charge is 0.230 e. The molecular formula is C19H18FNO2S. The first kappa shape index (κ1) is 16.7. The van der Waals surface area contributed by atoms with Crippen LogP contribution in [0.15, 0.2) is 54.6 Å². The molecule has 0 spiro atoms. The van der Waals surface area contributed by atoms with E-state index in [2.05, 4.69) is 5.32 Å². The minimum absolute atomic E-state index is 0.0254. The van der Waals surface area contributed by atoms with Gasteiger partial charge in [-0.3, -0.25) is 9.59 Å². The Morgan fingerprint density at radius 3 is 2.62 bits per heavy atom. The van der Waals surface area contributed by atoms with Crippen molar-refractivity contribution >= 4 is 23.5 Å². The van der Waals surface area contributed by atoms with Gasteiger partial charge in [-0.05, 0) is 24.1 Å². The van der Waals surface area contributed by atoms with E-state index in [1.54, 1.807) is 18.2 Å². The van der Waals surface area contributed by atoms with Crippen molar-refractivity contribution < 1.29 is 14.0 Å². The van der Waals surface area contributed by atoms with Gasteiger partial charge >= 0.3 is 0 Å². The second kappa shape index (κ2) is 7.62. The Balaban J connectivity index is 1.39. The Hall–Kier alpha value is -2.14. The number of halogens is 1. The number of Topliss-reactive ketones (excluding diaryl/α,β-unsaturated/α-hetero) is 1. The monoisotopic (exact) mass is 343 g/mol. The van der Waals surface area contributed by atoms with Gasteiger partial charge in [0.15, 0.2) is 5.78 Å². The molecule has 1 aliphatic rings. The normalized spacial score (nSPS) is 18.9. The second-order valence-corrected chi connectivity index (χ2v) is 6.84. The van der Waals surface area contributed by atoms with E-state index in [0.29, 0.717) is 5.56 Å². The van der Waals surface area contributed by atoms with Crippen LogP contribution in [0.1, 0.15) is 28.3 Å². The van der Waals surface area contributed by atoms with E-state index < -0.39 is 0 Å². The van der Waals surface area contributed by atoms with Gasteiger partial charge in [0.1, 0.15) is 5.82 Å². The van der Waals surface area contributed by atoms with Crippen molar-refractivity contribution in [3.63, 3.8) is 0 Å². The lowest BCUT2D eigenvalue weighted by molar-refractivity contribution is -0.118. The van der Waals surface area contributed by atoms with Crippen LogP contribution in [0.2, 0.25) is 0 Å². The molecule has 3 rings (SSSR count). The zero-order valence-electron chi connectivity index (χ0n) is 13.1. The summed E-state index contributed by atoms with van der Waals surface area (Å²) < 4.78 is 13.2. The van der Waals surface area contributed by atoms with Crippen molar-refractivity contribution in [3.05, 3.63) is 71.5 Å². The van der Waals surface area contributed by atoms with Gasteiger partial charge in [0.2, 0.25) is 5.91 Å². The topological polar surface area (TPSA) is 46.2 Å². The molecule has 1 amide bonds. The maximum atomic E-state index is 13.2. The SMILES string of the molecule is O=C(CSCC(=O)c1ccccc1)N[C@@H]1C[C@@H]1c1cccc(F)c1. The van der Waals surface area contributed by atoms with Gasteiger partial charge in [0.05, 0.1) is 11.5 Å². The fourth-order valence-corrected chi connectivity index (χ4v) is 3.38. The molecule has 24 heavy (non-hydrogen) atoms. The summed E-state index contributed by atoms with van der Waals surface area (Å²) in [5.74, 6) is 0.433. The summed E-state index contributed by atoms with van der Waals surface area (Å²) in [5.41, 5.74) is 1.59. The van der Waals surface area contributed by atoms with Gasteiger partial charge in [-0.1, -0.05) is 42.5 Å². The third kappa shape index (κ3) is 4.45. The van der Waals surface area contributed by atoms with Crippen molar-refractivity contribution in [1.29, 1.82) is 0 Å². The Morgan fingerprint density at radius 1 is 1.08 bits per heavy atom. The first-order chi connectivity index (χ1) is 11.6. The quantitative estimate of drug-likeness (QED) is 0.784. The van der Waals surface area contributed by atoms with Gasteiger partial charge in [-0.15, -0.1) is 11.8 Å². The summed E-state index contributed by atoms with van der Waals surface area (Å²) in [5, 5.41) is 2.94. The standard InChI is InChI=1S/C19H18FNO2S/c20-15-8-4-7-14(9-15)16-10-17(16)21-19(23)12-24-11-18(22)13-5-2-1-3-6-13/h1-9,16-17H,10-12H2,(H,21,23)/t16-,17-/m1/s1. The van der Waals surface area contributed by atoms with Gasteiger partial charge < -0.3 is 5.32 Å². The number of ketones is 1. The summed E-state index contributed by atoms with van der Waals surface area (Å²) >= 11 is 1.31. The first-order valence-corrected chi connectivity index (χ1v) is 9.00. The van der Waals surface area contributed by atoms with Gasteiger partial charge in [0, 0.05) is 17.5 Å². The lowest BCUT2D eigenvalue weighted by atomic mass is 10.1. The van der Waals surface area contributed by atoms with Crippen LogP contribution in [0.25, 0.3) is 0 Å². The first-order valence-electron chi connectivity index (χ1n) is 7.84. The average Bonchev–Trinajstić information content (AvgIpc) is 3.34. The molecule has 0 bridgehead atoms. The second-order valence-electron chi connectivity index (χ2n) is 5.85. The van der Waals surface area contributed by atoms with E-state index in [9.17, 15) is 14.0 Å². The van der Waals surface area contributed by atoms with Crippen molar-refractivity contribution in [3.8, 4) is 0 Å². The van der Waals surface area contributed by atoms with Crippen LogP contribution in [0.4, 0.5) is 4.39 Å². The molecule has 0 radical (unpaired) electrons. The van der Waals surface area contributed by atoms with Crippen LogP contribution >= 0.6 is 11.8 Å². The zero-order chi connectivity index (χ0) is 16.9. The molecule has 2 atom stereocenters. The molecule has 5 heteroatoms. The third-order valence-corrected chi connectivity index (χ3v) is 4.91. The summed E-state index contributed by atoms with van der Waals surface area (Å²) in [4.78, 5) is 23.9. The lowest BCUT2D eigenvalue weighted by Gasteiger charge is -2.05. The Bertz CT molecular complexity index is 735. The summed E-state index contributed by atoms with van der Waals surface area (Å²) in [6, 6.07) is 15.6. The average molecular weight is 343 g/mol. The number of carbonyl (C=O) groups is 2. The molecule has 124 valence electrons. The predicted molar refractivity (Wildman–Crippen MR) is 93.8 cm³/mol. The number of benzene rings is 2. The fraction of sp³-hybridized carbons (Fsp3) is 0.263. The highest BCUT2D eigenvalue weighted by Crippen LogP contribution is 2.40. The molecular weight excluding hydrogens is 325 g/mol. The maximum absolute atomic E-state index is 13.2. The molecule has 1 aliphatic carbocycles. The molecule has 3 nitrogen and oxygen atoms in total. The number of amides is 1. The molecule has 1 fully saturated rings. The van der Waals surface area contributed by atoms with Crippen LogP contribution in [0.3, 0.4) is 0 Å². The minimum Gasteiger partial charge on any atom is -0.352 e. The van der Waals surface area contributed by atoms with Gasteiger partial charge in [-0.2, -0.15) is 0 Å². The molecule has 1 saturated carbocycles. The van der Waals surface area contributed by atoms with Crippen LogP contribution in [0, 0.1) is 5.82 Å². The number of carbonyl (C=O) groups excluding carboxylic acids is 2. The summed E-state index contributed by atoms with van der Waals surface area (Å²) in [6.07, 6.45) is 0.836. The number of hydrogen-bond acceptors (Lipinski definition) is 3. The van der Waals surface area contributed by atoms with E-state index in [1.165, 1.54) is 23.9 Å². The Morgan fingerprint density at radius 2 is 1.88 bits per heavy atom. The third-order valence-electron chi connectivity index (χ3n) is 3.98. The van der Waals surface area contributed by atoms with Crippen molar-refractivity contribution in [2.24, 2.45) is 0 Å². The largest absolute Gasteiger partial charge is 0.352 e. The van der Waals surface area contributed by atoms with Crippen molar-refractivity contribution in [2.45, 2.75) is 18.4 Å². The molecule has 0 saturated heterocycles.